The number of hydrogen-bond donors (Lipinski definition) is 1. The summed E-state index contributed by atoms with van der Waals surface area (Å²) in [6.07, 6.45) is 3.24. The van der Waals surface area contributed by atoms with E-state index >= 15 is 0 Å². The molecule has 1 nitrogen and oxygen atoms in total. The van der Waals surface area contributed by atoms with Crippen LogP contribution in [0.2, 0.25) is 0 Å². The molecule has 0 aromatic heterocycles. The molecule has 3 aromatic carbocycles. The Labute approximate surface area is 197 Å². The summed E-state index contributed by atoms with van der Waals surface area (Å²) >= 11 is -3.62. The molecule has 164 valence electrons. The van der Waals surface area contributed by atoms with Crippen LogP contribution < -0.4 is 10.7 Å². The molecule has 1 N–H and O–H groups in total. The van der Waals surface area contributed by atoms with Gasteiger partial charge in [-0.1, -0.05) is 0 Å². The van der Waals surface area contributed by atoms with Gasteiger partial charge in [0.2, 0.25) is 0 Å². The Bertz CT molecular complexity index is 989. The standard InChI is InChI=1S/C12H19O.3C6H5.Sn/c1-6-7-12(13)8-11(4,5)9(2)10(12)3;3*1-2-4-6-5-3-1;/h3,6,9,13H,1,7-8H2,2,4-5H3;3*1-5H;/t9-,12-;;;;/m1..../s1. The van der Waals surface area contributed by atoms with Crippen molar-refractivity contribution in [2.75, 3.05) is 0 Å². The molecule has 0 heterocycles. The van der Waals surface area contributed by atoms with Gasteiger partial charge >= 0.3 is 198 Å². The van der Waals surface area contributed by atoms with Gasteiger partial charge in [0.25, 0.3) is 0 Å². The van der Waals surface area contributed by atoms with Crippen molar-refractivity contribution in [2.24, 2.45) is 11.3 Å². The summed E-state index contributed by atoms with van der Waals surface area (Å²) < 4.78 is 6.80. The van der Waals surface area contributed by atoms with Gasteiger partial charge in [0.05, 0.1) is 0 Å². The second-order valence-corrected chi connectivity index (χ2v) is 20.3. The van der Waals surface area contributed by atoms with Crippen LogP contribution in [0.25, 0.3) is 0 Å². The Morgan fingerprint density at radius 3 is 1.62 bits per heavy atom. The Morgan fingerprint density at radius 2 is 1.25 bits per heavy atom. The molecule has 0 bridgehead atoms. The van der Waals surface area contributed by atoms with Gasteiger partial charge in [0.15, 0.2) is 0 Å². The molecule has 1 saturated carbocycles. The van der Waals surface area contributed by atoms with E-state index in [0.29, 0.717) is 12.3 Å². The summed E-state index contributed by atoms with van der Waals surface area (Å²) in [4.78, 5) is 0. The third kappa shape index (κ3) is 4.02. The van der Waals surface area contributed by atoms with Crippen molar-refractivity contribution in [1.29, 1.82) is 0 Å². The van der Waals surface area contributed by atoms with Crippen LogP contribution in [0.4, 0.5) is 0 Å². The molecule has 0 saturated heterocycles. The van der Waals surface area contributed by atoms with Crippen LogP contribution in [0.15, 0.2) is 113 Å². The number of hydrogen-bond acceptors (Lipinski definition) is 1. The van der Waals surface area contributed by atoms with Gasteiger partial charge in [-0.25, -0.2) is 0 Å². The SMILES string of the molecule is C=CC[C@@]1(O)CC(C)(C)[C@H](C)/C1=[CH]/[Sn]([c]1ccccc1)([c]1ccccc1)[c]1ccccc1. The normalized spacial score (nSPS) is 23.9. The Hall–Kier alpha value is -2.10. The Balaban J connectivity index is 2.10. The molecule has 0 aliphatic heterocycles. The van der Waals surface area contributed by atoms with Crippen molar-refractivity contribution >= 4 is 29.1 Å². The predicted molar refractivity (Wildman–Crippen MR) is 139 cm³/mol. The van der Waals surface area contributed by atoms with Crippen LogP contribution in [0, 0.1) is 11.3 Å². The summed E-state index contributed by atoms with van der Waals surface area (Å²) in [6.45, 7) is 10.9. The topological polar surface area (TPSA) is 20.2 Å². The third-order valence-corrected chi connectivity index (χ3v) is 20.2. The first-order chi connectivity index (χ1) is 15.3. The van der Waals surface area contributed by atoms with Gasteiger partial charge in [-0.2, -0.15) is 0 Å². The zero-order chi connectivity index (χ0) is 22.8. The maximum atomic E-state index is 12.0. The van der Waals surface area contributed by atoms with Gasteiger partial charge in [0.1, 0.15) is 0 Å². The molecule has 3 aromatic rings. The third-order valence-electron chi connectivity index (χ3n) is 7.47. The van der Waals surface area contributed by atoms with E-state index in [9.17, 15) is 5.11 Å². The molecule has 2 heteroatoms. The fourth-order valence-corrected chi connectivity index (χ4v) is 18.9. The average Bonchev–Trinajstić information content (AvgIpc) is 2.97. The predicted octanol–water partition coefficient (Wildman–Crippen LogP) is 5.00. The van der Waals surface area contributed by atoms with E-state index in [0.717, 1.165) is 6.42 Å². The van der Waals surface area contributed by atoms with Gasteiger partial charge in [-0.05, 0) is 0 Å². The van der Waals surface area contributed by atoms with E-state index in [1.807, 2.05) is 6.08 Å². The molecule has 1 fully saturated rings. The number of rotatable bonds is 6. The Morgan fingerprint density at radius 1 is 0.844 bits per heavy atom. The quantitative estimate of drug-likeness (QED) is 0.353. The monoisotopic (exact) mass is 530 g/mol. The van der Waals surface area contributed by atoms with Crippen molar-refractivity contribution in [2.45, 2.75) is 39.2 Å². The molecule has 0 unspecified atom stereocenters. The van der Waals surface area contributed by atoms with Crippen LogP contribution in [-0.4, -0.2) is 29.1 Å². The van der Waals surface area contributed by atoms with Gasteiger partial charge in [-0.3, -0.25) is 0 Å². The van der Waals surface area contributed by atoms with Crippen molar-refractivity contribution in [3.8, 4) is 0 Å². The molecular weight excluding hydrogens is 495 g/mol. The second kappa shape index (κ2) is 9.03. The average molecular weight is 529 g/mol. The summed E-state index contributed by atoms with van der Waals surface area (Å²) in [5.74, 6) is 0.291. The van der Waals surface area contributed by atoms with Crippen molar-refractivity contribution in [3.05, 3.63) is 113 Å². The first kappa shape index (κ1) is 23.1. The summed E-state index contributed by atoms with van der Waals surface area (Å²) in [7, 11) is 0. The van der Waals surface area contributed by atoms with Crippen LogP contribution in [0.1, 0.15) is 33.6 Å². The molecule has 1 aliphatic carbocycles. The molecule has 0 spiro atoms. The first-order valence-electron chi connectivity index (χ1n) is 11.6. The van der Waals surface area contributed by atoms with Crippen molar-refractivity contribution < 1.29 is 5.11 Å². The minimum atomic E-state index is -3.62. The van der Waals surface area contributed by atoms with E-state index in [2.05, 4.69) is 122 Å². The number of benzene rings is 3. The van der Waals surface area contributed by atoms with Crippen LogP contribution in [-0.2, 0) is 0 Å². The van der Waals surface area contributed by atoms with E-state index < -0.39 is 24.0 Å². The maximum absolute atomic E-state index is 12.0. The van der Waals surface area contributed by atoms with Gasteiger partial charge in [0, 0.05) is 0 Å². The van der Waals surface area contributed by atoms with E-state index in [1.54, 1.807) is 0 Å². The zero-order valence-electron chi connectivity index (χ0n) is 19.5. The van der Waals surface area contributed by atoms with Crippen molar-refractivity contribution in [3.63, 3.8) is 0 Å². The van der Waals surface area contributed by atoms with Crippen molar-refractivity contribution in [1.82, 2.24) is 0 Å². The molecule has 0 radical (unpaired) electrons. The number of aliphatic hydroxyl groups is 1. The van der Waals surface area contributed by atoms with Crippen LogP contribution in [0.5, 0.6) is 0 Å². The second-order valence-electron chi connectivity index (χ2n) is 9.92. The minimum absolute atomic E-state index is 0.0330. The first-order valence-corrected chi connectivity index (χ1v) is 17.5. The molecule has 1 aliphatic rings. The molecule has 2 atom stereocenters. The summed E-state index contributed by atoms with van der Waals surface area (Å²) in [5, 5.41) is 12.0. The zero-order valence-corrected chi connectivity index (χ0v) is 22.3. The molecular formula is C30H34OSn. The van der Waals surface area contributed by atoms with E-state index in [1.165, 1.54) is 16.3 Å². The summed E-state index contributed by atoms with van der Waals surface area (Å²) in [5.41, 5.74) is 0.394. The fraction of sp³-hybridized carbons (Fsp3) is 0.267. The van der Waals surface area contributed by atoms with Crippen LogP contribution in [0.3, 0.4) is 0 Å². The van der Waals surface area contributed by atoms with Gasteiger partial charge < -0.3 is 0 Å². The molecule has 4 rings (SSSR count). The van der Waals surface area contributed by atoms with E-state index in [-0.39, 0.29) is 5.41 Å². The summed E-state index contributed by atoms with van der Waals surface area (Å²) in [6, 6.07) is 33.0. The van der Waals surface area contributed by atoms with E-state index in [4.69, 9.17) is 0 Å². The molecule has 32 heavy (non-hydrogen) atoms. The van der Waals surface area contributed by atoms with Gasteiger partial charge in [-0.15, -0.1) is 0 Å². The Kier molecular flexibility index (Phi) is 6.51. The van der Waals surface area contributed by atoms with Crippen LogP contribution >= 0.6 is 0 Å². The fourth-order valence-electron chi connectivity index (χ4n) is 5.61. The molecule has 0 amide bonds.